The van der Waals surface area contributed by atoms with Crippen molar-refractivity contribution in [3.05, 3.63) is 24.3 Å². The molecule has 0 bridgehead atoms. The molecule has 1 aromatic rings. The number of carbonyl (C=O) groups is 1. The molecule has 1 aromatic carbocycles. The van der Waals surface area contributed by atoms with Crippen molar-refractivity contribution in [1.82, 2.24) is 0 Å². The average Bonchev–Trinajstić information content (AvgIpc) is 2.21. The second-order valence-corrected chi connectivity index (χ2v) is 4.22. The van der Waals surface area contributed by atoms with Gasteiger partial charge < -0.3 is 10.1 Å². The van der Waals surface area contributed by atoms with E-state index in [0.717, 1.165) is 16.3 Å². The lowest BCUT2D eigenvalue weighted by atomic mass is 10.3. The van der Waals surface area contributed by atoms with Crippen LogP contribution < -0.4 is 5.32 Å². The maximum atomic E-state index is 11.3. The zero-order valence-corrected chi connectivity index (χ0v) is 9.76. The Morgan fingerprint density at radius 3 is 2.87 bits per heavy atom. The normalized spacial score (nSPS) is 10.0. The minimum Gasteiger partial charge on any atom is -0.375 e. The number of benzene rings is 1. The number of hydrogen-bond acceptors (Lipinski definition) is 3. The Hall–Kier alpha value is -1.00. The molecule has 0 aliphatic carbocycles. The van der Waals surface area contributed by atoms with E-state index in [0.29, 0.717) is 0 Å². The molecule has 82 valence electrons. The Morgan fingerprint density at radius 1 is 1.47 bits per heavy atom. The fourth-order valence-electron chi connectivity index (χ4n) is 1.17. The van der Waals surface area contributed by atoms with Gasteiger partial charge in [-0.1, -0.05) is 19.1 Å². The van der Waals surface area contributed by atoms with Crippen LogP contribution in [0.4, 0.5) is 5.69 Å². The number of thioether (sulfide) groups is 1. The van der Waals surface area contributed by atoms with Gasteiger partial charge in [0.2, 0.25) is 5.91 Å². The summed E-state index contributed by atoms with van der Waals surface area (Å²) >= 11 is 1.71. The summed E-state index contributed by atoms with van der Waals surface area (Å²) in [5, 5.41) is 2.81. The number of amides is 1. The third-order valence-corrected chi connectivity index (χ3v) is 2.69. The van der Waals surface area contributed by atoms with Gasteiger partial charge in [-0.15, -0.1) is 11.8 Å². The van der Waals surface area contributed by atoms with Crippen LogP contribution in [-0.4, -0.2) is 25.4 Å². The van der Waals surface area contributed by atoms with Gasteiger partial charge in [0.25, 0.3) is 0 Å². The van der Waals surface area contributed by atoms with Crippen LogP contribution in [0.3, 0.4) is 0 Å². The van der Waals surface area contributed by atoms with Gasteiger partial charge in [0.05, 0.1) is 5.69 Å². The molecule has 0 fully saturated rings. The fourth-order valence-corrected chi connectivity index (χ4v) is 1.93. The van der Waals surface area contributed by atoms with Crippen molar-refractivity contribution in [3.8, 4) is 0 Å². The van der Waals surface area contributed by atoms with E-state index in [9.17, 15) is 4.79 Å². The van der Waals surface area contributed by atoms with Crippen LogP contribution in [0.5, 0.6) is 0 Å². The summed E-state index contributed by atoms with van der Waals surface area (Å²) in [4.78, 5) is 12.4. The lowest BCUT2D eigenvalue weighted by molar-refractivity contribution is -0.119. The molecule has 15 heavy (non-hydrogen) atoms. The van der Waals surface area contributed by atoms with E-state index in [-0.39, 0.29) is 12.5 Å². The molecule has 0 aliphatic rings. The number of ether oxygens (including phenoxy) is 1. The lowest BCUT2D eigenvalue weighted by Crippen LogP contribution is -2.17. The van der Waals surface area contributed by atoms with E-state index in [2.05, 4.69) is 12.2 Å². The van der Waals surface area contributed by atoms with Crippen LogP contribution in [0.15, 0.2) is 29.2 Å². The van der Waals surface area contributed by atoms with E-state index >= 15 is 0 Å². The third kappa shape index (κ3) is 3.93. The predicted octanol–water partition coefficient (Wildman–Crippen LogP) is 2.38. The first-order chi connectivity index (χ1) is 7.27. The van der Waals surface area contributed by atoms with Crippen molar-refractivity contribution < 1.29 is 9.53 Å². The third-order valence-electron chi connectivity index (χ3n) is 1.74. The highest BCUT2D eigenvalue weighted by Gasteiger charge is 2.05. The van der Waals surface area contributed by atoms with Gasteiger partial charge >= 0.3 is 0 Å². The number of para-hydroxylation sites is 1. The summed E-state index contributed by atoms with van der Waals surface area (Å²) in [5.41, 5.74) is 0.853. The minimum atomic E-state index is -0.123. The Labute approximate surface area is 94.2 Å². The van der Waals surface area contributed by atoms with Crippen molar-refractivity contribution in [2.45, 2.75) is 11.8 Å². The highest BCUT2D eigenvalue weighted by molar-refractivity contribution is 7.99. The van der Waals surface area contributed by atoms with E-state index in [4.69, 9.17) is 4.74 Å². The standard InChI is InChI=1S/C11H15NO2S/c1-3-15-10-7-5-4-6-9(10)12-11(13)8-14-2/h4-7H,3,8H2,1-2H3,(H,12,13). The molecule has 1 amide bonds. The highest BCUT2D eigenvalue weighted by Crippen LogP contribution is 2.26. The van der Waals surface area contributed by atoms with Gasteiger partial charge in [-0.2, -0.15) is 0 Å². The molecule has 0 spiro atoms. The summed E-state index contributed by atoms with van der Waals surface area (Å²) < 4.78 is 4.76. The molecule has 4 heteroatoms. The first kappa shape index (κ1) is 12.1. The molecule has 0 aromatic heterocycles. The summed E-state index contributed by atoms with van der Waals surface area (Å²) in [6, 6.07) is 7.76. The first-order valence-corrected chi connectivity index (χ1v) is 5.77. The molecular formula is C11H15NO2S. The van der Waals surface area contributed by atoms with Crippen LogP contribution in [0.1, 0.15) is 6.92 Å². The number of anilines is 1. The van der Waals surface area contributed by atoms with Gasteiger partial charge in [0, 0.05) is 12.0 Å². The molecule has 0 heterocycles. The maximum Gasteiger partial charge on any atom is 0.250 e. The zero-order chi connectivity index (χ0) is 11.1. The van der Waals surface area contributed by atoms with Gasteiger partial charge in [-0.05, 0) is 17.9 Å². The Kier molecular flexibility index (Phi) is 5.21. The molecular weight excluding hydrogens is 210 g/mol. The quantitative estimate of drug-likeness (QED) is 0.782. The Balaban J connectivity index is 2.70. The number of methoxy groups -OCH3 is 1. The van der Waals surface area contributed by atoms with E-state index in [1.807, 2.05) is 24.3 Å². The first-order valence-electron chi connectivity index (χ1n) is 4.78. The van der Waals surface area contributed by atoms with Crippen LogP contribution in [0, 0.1) is 0 Å². The summed E-state index contributed by atoms with van der Waals surface area (Å²) in [7, 11) is 1.51. The Morgan fingerprint density at radius 2 is 2.20 bits per heavy atom. The fraction of sp³-hybridized carbons (Fsp3) is 0.364. The largest absolute Gasteiger partial charge is 0.375 e. The molecule has 3 nitrogen and oxygen atoms in total. The maximum absolute atomic E-state index is 11.3. The molecule has 0 atom stereocenters. The smallest absolute Gasteiger partial charge is 0.250 e. The molecule has 0 radical (unpaired) electrons. The summed E-state index contributed by atoms with van der Waals surface area (Å²) in [6.45, 7) is 2.17. The van der Waals surface area contributed by atoms with Crippen molar-refractivity contribution >= 4 is 23.4 Å². The topological polar surface area (TPSA) is 38.3 Å². The second-order valence-electron chi connectivity index (χ2n) is 2.91. The number of hydrogen-bond donors (Lipinski definition) is 1. The number of carbonyl (C=O) groups excluding carboxylic acids is 1. The summed E-state index contributed by atoms with van der Waals surface area (Å²) in [5.74, 6) is 0.860. The van der Waals surface area contributed by atoms with E-state index in [1.165, 1.54) is 7.11 Å². The predicted molar refractivity (Wildman–Crippen MR) is 63.3 cm³/mol. The van der Waals surface area contributed by atoms with Gasteiger partial charge in [0.1, 0.15) is 6.61 Å². The number of nitrogens with one attached hydrogen (secondary N) is 1. The summed E-state index contributed by atoms with van der Waals surface area (Å²) in [6.07, 6.45) is 0. The van der Waals surface area contributed by atoms with Crippen molar-refractivity contribution in [2.24, 2.45) is 0 Å². The highest BCUT2D eigenvalue weighted by atomic mass is 32.2. The van der Waals surface area contributed by atoms with Gasteiger partial charge in [0.15, 0.2) is 0 Å². The molecule has 0 saturated carbocycles. The SMILES string of the molecule is CCSc1ccccc1NC(=O)COC. The van der Waals surface area contributed by atoms with Crippen LogP contribution in [0.25, 0.3) is 0 Å². The minimum absolute atomic E-state index is 0.0884. The average molecular weight is 225 g/mol. The Bertz CT molecular complexity index is 328. The molecule has 1 rings (SSSR count). The van der Waals surface area contributed by atoms with Crippen molar-refractivity contribution in [3.63, 3.8) is 0 Å². The molecule has 1 N–H and O–H groups in total. The number of rotatable bonds is 5. The molecule has 0 aliphatic heterocycles. The zero-order valence-electron chi connectivity index (χ0n) is 8.95. The van der Waals surface area contributed by atoms with E-state index < -0.39 is 0 Å². The second kappa shape index (κ2) is 6.48. The van der Waals surface area contributed by atoms with Gasteiger partial charge in [-0.25, -0.2) is 0 Å². The van der Waals surface area contributed by atoms with Gasteiger partial charge in [-0.3, -0.25) is 4.79 Å². The van der Waals surface area contributed by atoms with E-state index in [1.54, 1.807) is 11.8 Å². The molecule has 0 saturated heterocycles. The van der Waals surface area contributed by atoms with Crippen molar-refractivity contribution in [2.75, 3.05) is 24.8 Å². The van der Waals surface area contributed by atoms with Crippen LogP contribution in [0.2, 0.25) is 0 Å². The molecule has 0 unspecified atom stereocenters. The lowest BCUT2D eigenvalue weighted by Gasteiger charge is -2.09. The monoisotopic (exact) mass is 225 g/mol. The van der Waals surface area contributed by atoms with Crippen molar-refractivity contribution in [1.29, 1.82) is 0 Å². The van der Waals surface area contributed by atoms with Crippen LogP contribution in [-0.2, 0) is 9.53 Å². The van der Waals surface area contributed by atoms with Crippen LogP contribution >= 0.6 is 11.8 Å².